The van der Waals surface area contributed by atoms with Gasteiger partial charge in [-0.3, -0.25) is 10.2 Å². The van der Waals surface area contributed by atoms with E-state index in [2.05, 4.69) is 37.3 Å². The number of benzene rings is 1. The van der Waals surface area contributed by atoms with Crippen LogP contribution in [0.2, 0.25) is 0 Å². The largest absolute Gasteiger partial charge is 0.508 e. The molecule has 2 aliphatic rings. The molecule has 1 saturated heterocycles. The smallest absolute Gasteiger partial charge is 0.438 e. The summed E-state index contributed by atoms with van der Waals surface area (Å²) in [5.74, 6) is -0.0507. The first-order valence-electron chi connectivity index (χ1n) is 12.5. The maximum absolute atomic E-state index is 14.7. The summed E-state index contributed by atoms with van der Waals surface area (Å²) in [6, 6.07) is 6.79. The third-order valence-corrected chi connectivity index (χ3v) is 7.68. The molecule has 9 nitrogen and oxygen atoms in total. The van der Waals surface area contributed by atoms with E-state index >= 15 is 0 Å². The number of hydrogen-bond donors (Lipinski definition) is 1. The van der Waals surface area contributed by atoms with E-state index in [0.717, 1.165) is 35.0 Å². The Balaban J connectivity index is 1.38. The van der Waals surface area contributed by atoms with E-state index in [4.69, 9.17) is 15.1 Å². The molecule has 1 aliphatic carbocycles. The first-order chi connectivity index (χ1) is 18.3. The summed E-state index contributed by atoms with van der Waals surface area (Å²) in [7, 11) is 1.26. The number of ketones is 1. The molecule has 1 aliphatic heterocycles. The molecule has 0 bridgehead atoms. The maximum Gasteiger partial charge on any atom is 0.508 e. The van der Waals surface area contributed by atoms with E-state index in [1.807, 2.05) is 12.1 Å². The van der Waals surface area contributed by atoms with Crippen LogP contribution in [0.4, 0.5) is 15.0 Å². The highest BCUT2D eigenvalue weighted by molar-refractivity contribution is 14.1. The van der Waals surface area contributed by atoms with Crippen molar-refractivity contribution in [3.8, 4) is 0 Å². The fraction of sp³-hybridized carbons (Fsp3) is 0.370. The second-order valence-electron chi connectivity index (χ2n) is 9.46. The predicted octanol–water partition coefficient (Wildman–Crippen LogP) is 5.40. The Hall–Kier alpha value is -3.35. The number of ether oxygens (including phenoxy) is 2. The van der Waals surface area contributed by atoms with Gasteiger partial charge < -0.3 is 14.4 Å². The minimum atomic E-state index is -0.742. The molecule has 0 unspecified atom stereocenters. The zero-order chi connectivity index (χ0) is 26.8. The van der Waals surface area contributed by atoms with E-state index < -0.39 is 11.9 Å². The average molecular weight is 631 g/mol. The minimum Gasteiger partial charge on any atom is -0.438 e. The maximum atomic E-state index is 14.7. The van der Waals surface area contributed by atoms with Crippen molar-refractivity contribution in [3.05, 3.63) is 68.8 Å². The lowest BCUT2D eigenvalue weighted by atomic mass is 9.91. The molecular formula is C27H27FIN5O4. The topological polar surface area (TPSA) is 110 Å². The summed E-state index contributed by atoms with van der Waals surface area (Å²) in [6.45, 7) is 0.722. The van der Waals surface area contributed by atoms with Gasteiger partial charge in [0, 0.05) is 28.3 Å². The summed E-state index contributed by atoms with van der Waals surface area (Å²) in [4.78, 5) is 31.3. The zero-order valence-corrected chi connectivity index (χ0v) is 23.0. The van der Waals surface area contributed by atoms with Crippen LogP contribution in [0.1, 0.15) is 55.7 Å². The summed E-state index contributed by atoms with van der Waals surface area (Å²) < 4.78 is 27.0. The Labute approximate surface area is 232 Å². The molecule has 3 aromatic rings. The highest BCUT2D eigenvalue weighted by Crippen LogP contribution is 2.37. The lowest BCUT2D eigenvalue weighted by Crippen LogP contribution is -2.25. The lowest BCUT2D eigenvalue weighted by molar-refractivity contribution is -0.108. The van der Waals surface area contributed by atoms with Crippen LogP contribution in [0, 0.1) is 14.8 Å². The Bertz CT molecular complexity index is 1440. The number of allylic oxidation sites excluding steroid dienone is 1. The van der Waals surface area contributed by atoms with Crippen molar-refractivity contribution in [3.63, 3.8) is 0 Å². The van der Waals surface area contributed by atoms with Crippen molar-refractivity contribution < 1.29 is 23.5 Å². The molecule has 3 heterocycles. The van der Waals surface area contributed by atoms with Gasteiger partial charge in [0.2, 0.25) is 5.78 Å². The van der Waals surface area contributed by atoms with Gasteiger partial charge in [0.1, 0.15) is 23.5 Å². The molecule has 2 fully saturated rings. The van der Waals surface area contributed by atoms with E-state index in [-0.39, 0.29) is 23.7 Å². The molecule has 2 aromatic heterocycles. The van der Waals surface area contributed by atoms with Crippen LogP contribution in [0.15, 0.2) is 48.3 Å². The van der Waals surface area contributed by atoms with Crippen molar-refractivity contribution in [2.75, 3.05) is 18.6 Å². The van der Waals surface area contributed by atoms with Crippen molar-refractivity contribution in [1.82, 2.24) is 14.6 Å². The van der Waals surface area contributed by atoms with E-state index in [1.54, 1.807) is 12.3 Å². The fourth-order valence-electron chi connectivity index (χ4n) is 5.19. The Morgan fingerprint density at radius 3 is 2.89 bits per heavy atom. The van der Waals surface area contributed by atoms with Crippen LogP contribution < -0.4 is 4.90 Å². The van der Waals surface area contributed by atoms with Gasteiger partial charge in [-0.2, -0.15) is 5.10 Å². The van der Waals surface area contributed by atoms with Crippen molar-refractivity contribution >= 4 is 51.7 Å². The highest BCUT2D eigenvalue weighted by atomic mass is 127. The number of fused-ring (bicyclic) bond motifs is 1. The van der Waals surface area contributed by atoms with Crippen molar-refractivity contribution in [1.29, 1.82) is 5.41 Å². The first kappa shape index (κ1) is 26.3. The normalized spacial score (nSPS) is 20.6. The standard InChI is InChI=1S/C27H27FIN5O4/c1-37-27(36)38-18-5-2-4-16(12-18)13-23(35)25(30)20-15-31-34-11-9-24(32-26(20)34)33-10-3-6-22(33)19-14-17(29)7-8-21(19)28/h7-9,11,13-15,18,22,30H,2-6,10,12H2,1H3/b16-13-,30-25?/t18-,22+/m0/s1. The summed E-state index contributed by atoms with van der Waals surface area (Å²) in [5.41, 5.74) is 1.96. The fourth-order valence-corrected chi connectivity index (χ4v) is 5.70. The number of rotatable bonds is 6. The van der Waals surface area contributed by atoms with Gasteiger partial charge in [0.05, 0.1) is 24.9 Å². The number of anilines is 1. The van der Waals surface area contributed by atoms with Gasteiger partial charge in [0.25, 0.3) is 0 Å². The Kier molecular flexibility index (Phi) is 7.73. The number of nitrogens with one attached hydrogen (secondary N) is 1. The number of carbonyl (C=O) groups excluding carboxylic acids is 2. The first-order valence-corrected chi connectivity index (χ1v) is 13.5. The number of halogens is 2. The van der Waals surface area contributed by atoms with Gasteiger partial charge in [0.15, 0.2) is 5.65 Å². The third-order valence-electron chi connectivity index (χ3n) is 7.01. The summed E-state index contributed by atoms with van der Waals surface area (Å²) in [5, 5.41) is 12.9. The molecule has 0 amide bonds. The van der Waals surface area contributed by atoms with E-state index in [0.29, 0.717) is 41.9 Å². The minimum absolute atomic E-state index is 0.150. The van der Waals surface area contributed by atoms with Crippen molar-refractivity contribution in [2.45, 2.75) is 50.7 Å². The van der Waals surface area contributed by atoms with Crippen LogP contribution in [0.3, 0.4) is 0 Å². The summed E-state index contributed by atoms with van der Waals surface area (Å²) in [6.07, 6.45) is 7.87. The molecule has 2 atom stereocenters. The number of hydrogen-bond acceptors (Lipinski definition) is 8. The molecular weight excluding hydrogens is 604 g/mol. The molecule has 1 N–H and O–H groups in total. The highest BCUT2D eigenvalue weighted by Gasteiger charge is 2.30. The molecule has 198 valence electrons. The van der Waals surface area contributed by atoms with Gasteiger partial charge in [-0.25, -0.2) is 18.7 Å². The third kappa shape index (κ3) is 5.42. The second kappa shape index (κ2) is 11.2. The van der Waals surface area contributed by atoms with Crippen LogP contribution in [0.5, 0.6) is 0 Å². The number of carbonyl (C=O) groups is 2. The van der Waals surface area contributed by atoms with Gasteiger partial charge in [-0.1, -0.05) is 5.57 Å². The van der Waals surface area contributed by atoms with Crippen LogP contribution in [0.25, 0.3) is 5.65 Å². The monoisotopic (exact) mass is 631 g/mol. The molecule has 0 spiro atoms. The molecule has 1 aromatic carbocycles. The van der Waals surface area contributed by atoms with Gasteiger partial charge >= 0.3 is 6.16 Å². The summed E-state index contributed by atoms with van der Waals surface area (Å²) >= 11 is 2.19. The SMILES string of the molecule is COC(=O)O[C@H]1CCC/C(=C/C(=O)C(=N)c2cnn3ccc(N4CCC[C@@H]4c4cc(I)ccc4F)nc23)C1. The predicted molar refractivity (Wildman–Crippen MR) is 147 cm³/mol. The molecule has 5 rings (SSSR count). The van der Waals surface area contributed by atoms with Crippen molar-refractivity contribution in [2.24, 2.45) is 0 Å². The number of aromatic nitrogens is 3. The van der Waals surface area contributed by atoms with Crippen LogP contribution >= 0.6 is 22.6 Å². The average Bonchev–Trinajstić information content (AvgIpc) is 3.57. The van der Waals surface area contributed by atoms with E-state index in [9.17, 15) is 14.0 Å². The Morgan fingerprint density at radius 2 is 2.08 bits per heavy atom. The van der Waals surface area contributed by atoms with Crippen LogP contribution in [-0.4, -0.2) is 52.0 Å². The lowest BCUT2D eigenvalue weighted by Gasteiger charge is -2.26. The molecule has 11 heteroatoms. The number of methoxy groups -OCH3 is 1. The van der Waals surface area contributed by atoms with Gasteiger partial charge in [-0.15, -0.1) is 0 Å². The van der Waals surface area contributed by atoms with Gasteiger partial charge in [-0.05, 0) is 85.0 Å². The zero-order valence-electron chi connectivity index (χ0n) is 20.8. The van der Waals surface area contributed by atoms with E-state index in [1.165, 1.54) is 30.0 Å². The molecule has 0 radical (unpaired) electrons. The second-order valence-corrected chi connectivity index (χ2v) is 10.7. The van der Waals surface area contributed by atoms with Crippen LogP contribution in [-0.2, 0) is 14.3 Å². The quantitative estimate of drug-likeness (QED) is 0.168. The molecule has 1 saturated carbocycles. The number of nitrogens with zero attached hydrogens (tertiary/aromatic N) is 4. The molecule has 38 heavy (non-hydrogen) atoms. The Morgan fingerprint density at radius 1 is 1.24 bits per heavy atom.